The number of aromatic nitrogens is 1. The summed E-state index contributed by atoms with van der Waals surface area (Å²) in [5.41, 5.74) is 0.495. The highest BCUT2D eigenvalue weighted by Crippen LogP contribution is 2.29. The molecule has 1 aliphatic rings. The van der Waals surface area contributed by atoms with Gasteiger partial charge >= 0.3 is 0 Å². The Morgan fingerprint density at radius 1 is 1.33 bits per heavy atom. The summed E-state index contributed by atoms with van der Waals surface area (Å²) in [5.74, 6) is 0. The number of thiazole rings is 1. The fraction of sp³-hybridized carbons (Fsp3) is 0.500. The van der Waals surface area contributed by atoms with Crippen LogP contribution in [0.1, 0.15) is 17.8 Å². The Kier molecular flexibility index (Phi) is 3.09. The van der Waals surface area contributed by atoms with E-state index >= 15 is 0 Å². The second-order valence-electron chi connectivity index (χ2n) is 5.28. The highest BCUT2D eigenvalue weighted by atomic mass is 32.1. The molecule has 96 valence electrons. The maximum Gasteiger partial charge on any atom is 0.0967 e. The third-order valence-corrected chi connectivity index (χ3v) is 4.77. The third kappa shape index (κ3) is 2.41. The quantitative estimate of drug-likeness (QED) is 0.902. The molecule has 3 nitrogen and oxygen atoms in total. The summed E-state index contributed by atoms with van der Waals surface area (Å²) in [6.45, 7) is 1.95. The SMILES string of the molecule is CN1CCC(O)(Cc2nc3ccccc3s2)CC1. The summed E-state index contributed by atoms with van der Waals surface area (Å²) in [4.78, 5) is 6.89. The van der Waals surface area contributed by atoms with Crippen LogP contribution in [0.25, 0.3) is 10.2 Å². The molecule has 3 rings (SSSR count). The Bertz CT molecular complexity index is 510. The number of aliphatic hydroxyl groups is 1. The van der Waals surface area contributed by atoms with Crippen LogP contribution in [-0.4, -0.2) is 40.7 Å². The summed E-state index contributed by atoms with van der Waals surface area (Å²) < 4.78 is 1.21. The number of para-hydroxylation sites is 1. The lowest BCUT2D eigenvalue weighted by Gasteiger charge is -2.36. The van der Waals surface area contributed by atoms with E-state index in [0.29, 0.717) is 6.42 Å². The minimum absolute atomic E-state index is 0.555. The molecule has 0 radical (unpaired) electrons. The predicted molar refractivity (Wildman–Crippen MR) is 75.0 cm³/mol. The maximum absolute atomic E-state index is 10.6. The third-order valence-electron chi connectivity index (χ3n) is 3.74. The van der Waals surface area contributed by atoms with Gasteiger partial charge in [0.25, 0.3) is 0 Å². The van der Waals surface area contributed by atoms with E-state index in [4.69, 9.17) is 0 Å². The van der Waals surface area contributed by atoms with Crippen LogP contribution in [0.5, 0.6) is 0 Å². The Morgan fingerprint density at radius 2 is 2.06 bits per heavy atom. The molecule has 2 aromatic rings. The molecule has 1 aliphatic heterocycles. The van der Waals surface area contributed by atoms with E-state index in [0.717, 1.165) is 36.5 Å². The van der Waals surface area contributed by atoms with Crippen molar-refractivity contribution in [3.63, 3.8) is 0 Å². The number of hydrogen-bond donors (Lipinski definition) is 1. The number of rotatable bonds is 2. The van der Waals surface area contributed by atoms with E-state index in [1.807, 2.05) is 18.2 Å². The van der Waals surface area contributed by atoms with Gasteiger partial charge in [-0.3, -0.25) is 0 Å². The standard InChI is InChI=1S/C14H18N2OS/c1-16-8-6-14(17,7-9-16)10-13-15-11-4-2-3-5-12(11)18-13/h2-5,17H,6-10H2,1H3. The minimum atomic E-state index is -0.555. The molecule has 4 heteroatoms. The summed E-state index contributed by atoms with van der Waals surface area (Å²) in [7, 11) is 2.11. The van der Waals surface area contributed by atoms with Crippen molar-refractivity contribution in [2.45, 2.75) is 24.9 Å². The van der Waals surface area contributed by atoms with Gasteiger partial charge < -0.3 is 10.0 Å². The Labute approximate surface area is 111 Å². The molecule has 1 fully saturated rings. The van der Waals surface area contributed by atoms with Crippen LogP contribution in [0, 0.1) is 0 Å². The van der Waals surface area contributed by atoms with E-state index < -0.39 is 5.60 Å². The van der Waals surface area contributed by atoms with Gasteiger partial charge in [-0.25, -0.2) is 4.98 Å². The molecule has 0 atom stereocenters. The molecule has 0 amide bonds. The number of likely N-dealkylation sites (tertiary alicyclic amines) is 1. The lowest BCUT2D eigenvalue weighted by Crippen LogP contribution is -2.44. The summed E-state index contributed by atoms with van der Waals surface area (Å²) in [6, 6.07) is 8.17. The van der Waals surface area contributed by atoms with Crippen molar-refractivity contribution >= 4 is 21.6 Å². The average Bonchev–Trinajstić information content (AvgIpc) is 2.75. The van der Waals surface area contributed by atoms with Crippen LogP contribution >= 0.6 is 11.3 Å². The van der Waals surface area contributed by atoms with E-state index in [2.05, 4.69) is 23.0 Å². The molecular formula is C14H18N2OS. The summed E-state index contributed by atoms with van der Waals surface area (Å²) in [5, 5.41) is 11.7. The Balaban J connectivity index is 1.79. The first-order valence-electron chi connectivity index (χ1n) is 6.40. The number of nitrogens with zero attached hydrogens (tertiary/aromatic N) is 2. The lowest BCUT2D eigenvalue weighted by atomic mass is 9.89. The van der Waals surface area contributed by atoms with E-state index in [9.17, 15) is 5.11 Å². The summed E-state index contributed by atoms with van der Waals surface area (Å²) in [6.07, 6.45) is 2.39. The smallest absolute Gasteiger partial charge is 0.0967 e. The number of benzene rings is 1. The van der Waals surface area contributed by atoms with E-state index in [-0.39, 0.29) is 0 Å². The topological polar surface area (TPSA) is 36.4 Å². The fourth-order valence-electron chi connectivity index (χ4n) is 2.49. The first-order chi connectivity index (χ1) is 8.65. The second kappa shape index (κ2) is 4.61. The Hall–Kier alpha value is -0.970. The van der Waals surface area contributed by atoms with Crippen molar-refractivity contribution in [2.75, 3.05) is 20.1 Å². The van der Waals surface area contributed by atoms with Crippen LogP contribution in [0.15, 0.2) is 24.3 Å². The highest BCUT2D eigenvalue weighted by Gasteiger charge is 2.32. The highest BCUT2D eigenvalue weighted by molar-refractivity contribution is 7.18. The first-order valence-corrected chi connectivity index (χ1v) is 7.22. The van der Waals surface area contributed by atoms with Gasteiger partial charge in [0.15, 0.2) is 0 Å². The molecule has 0 unspecified atom stereocenters. The van der Waals surface area contributed by atoms with Crippen LogP contribution in [-0.2, 0) is 6.42 Å². The molecule has 0 saturated carbocycles. The first kappa shape index (κ1) is 12.1. The van der Waals surface area contributed by atoms with Gasteiger partial charge in [-0.15, -0.1) is 11.3 Å². The molecule has 0 spiro atoms. The molecule has 0 aliphatic carbocycles. The number of hydrogen-bond acceptors (Lipinski definition) is 4. The Morgan fingerprint density at radius 3 is 2.78 bits per heavy atom. The summed E-state index contributed by atoms with van der Waals surface area (Å²) >= 11 is 1.71. The monoisotopic (exact) mass is 262 g/mol. The van der Waals surface area contributed by atoms with Gasteiger partial charge in [0.05, 0.1) is 20.8 Å². The zero-order chi connectivity index (χ0) is 12.6. The molecule has 2 heterocycles. The van der Waals surface area contributed by atoms with Gasteiger partial charge in [0.1, 0.15) is 0 Å². The van der Waals surface area contributed by atoms with Crippen molar-refractivity contribution in [3.8, 4) is 0 Å². The zero-order valence-electron chi connectivity index (χ0n) is 10.6. The van der Waals surface area contributed by atoms with Gasteiger partial charge in [-0.05, 0) is 32.0 Å². The molecule has 18 heavy (non-hydrogen) atoms. The average molecular weight is 262 g/mol. The van der Waals surface area contributed by atoms with Gasteiger partial charge in [-0.2, -0.15) is 0 Å². The largest absolute Gasteiger partial charge is 0.389 e. The van der Waals surface area contributed by atoms with E-state index in [1.165, 1.54) is 4.70 Å². The molecular weight excluding hydrogens is 244 g/mol. The number of fused-ring (bicyclic) bond motifs is 1. The molecule has 1 aromatic carbocycles. The normalized spacial score (nSPS) is 20.3. The van der Waals surface area contributed by atoms with Crippen LogP contribution < -0.4 is 0 Å². The molecule has 1 N–H and O–H groups in total. The van der Waals surface area contributed by atoms with Crippen molar-refractivity contribution in [2.24, 2.45) is 0 Å². The molecule has 1 saturated heterocycles. The molecule has 1 aromatic heterocycles. The molecule has 0 bridgehead atoms. The van der Waals surface area contributed by atoms with Crippen LogP contribution in [0.2, 0.25) is 0 Å². The lowest BCUT2D eigenvalue weighted by molar-refractivity contribution is -0.0150. The van der Waals surface area contributed by atoms with Crippen molar-refractivity contribution < 1.29 is 5.11 Å². The van der Waals surface area contributed by atoms with Crippen molar-refractivity contribution in [1.82, 2.24) is 9.88 Å². The van der Waals surface area contributed by atoms with Crippen molar-refractivity contribution in [3.05, 3.63) is 29.3 Å². The van der Waals surface area contributed by atoms with Crippen LogP contribution in [0.3, 0.4) is 0 Å². The zero-order valence-corrected chi connectivity index (χ0v) is 11.4. The fourth-order valence-corrected chi connectivity index (χ4v) is 3.59. The van der Waals surface area contributed by atoms with Crippen molar-refractivity contribution in [1.29, 1.82) is 0 Å². The van der Waals surface area contributed by atoms with Crippen LogP contribution in [0.4, 0.5) is 0 Å². The second-order valence-corrected chi connectivity index (χ2v) is 6.39. The minimum Gasteiger partial charge on any atom is -0.389 e. The van der Waals surface area contributed by atoms with E-state index in [1.54, 1.807) is 11.3 Å². The van der Waals surface area contributed by atoms with Gasteiger partial charge in [-0.1, -0.05) is 12.1 Å². The van der Waals surface area contributed by atoms with Gasteiger partial charge in [0.2, 0.25) is 0 Å². The van der Waals surface area contributed by atoms with Gasteiger partial charge in [0, 0.05) is 19.5 Å². The predicted octanol–water partition coefficient (Wildman–Crippen LogP) is 2.30. The number of piperidine rings is 1. The maximum atomic E-state index is 10.6.